The first-order chi connectivity index (χ1) is 23.6. The molecule has 0 aliphatic heterocycles. The number of nitrogens with one attached hydrogen (secondary N) is 2. The van der Waals surface area contributed by atoms with E-state index in [1.165, 1.54) is 0 Å². The van der Waals surface area contributed by atoms with Gasteiger partial charge in [0.25, 0.3) is 0 Å². The minimum atomic E-state index is -1.04. The number of amides is 2. The van der Waals surface area contributed by atoms with Gasteiger partial charge in [-0.2, -0.15) is 0 Å². The standard InChI is InChI=1S/C30H59N3O15/c31-3-5-38-7-9-40-11-13-42-15-17-44-19-21-46-23-25-48-26-24-47-22-20-45-18-16-43-14-12-41-10-8-39-6-4-32-30(37)28(33-27-34)1-2-29(35)36/h27-28H,1-26,31H2,(H,32,37)(H,33,34)(H,35,36). The van der Waals surface area contributed by atoms with Crippen LogP contribution >= 0.6 is 0 Å². The van der Waals surface area contributed by atoms with Crippen molar-refractivity contribution in [1.82, 2.24) is 10.6 Å². The van der Waals surface area contributed by atoms with Crippen molar-refractivity contribution < 1.29 is 71.6 Å². The summed E-state index contributed by atoms with van der Waals surface area (Å²) in [6, 6.07) is -0.894. The largest absolute Gasteiger partial charge is 0.481 e. The van der Waals surface area contributed by atoms with Crippen molar-refractivity contribution in [3.05, 3.63) is 0 Å². The van der Waals surface area contributed by atoms with Crippen LogP contribution in [0.15, 0.2) is 0 Å². The summed E-state index contributed by atoms with van der Waals surface area (Å²) < 4.78 is 59.4. The van der Waals surface area contributed by atoms with Gasteiger partial charge in [0, 0.05) is 19.5 Å². The summed E-state index contributed by atoms with van der Waals surface area (Å²) in [6.07, 6.45) is 0.153. The third-order valence-electron chi connectivity index (χ3n) is 5.76. The van der Waals surface area contributed by atoms with Gasteiger partial charge in [-0.05, 0) is 6.42 Å². The van der Waals surface area contributed by atoms with Gasteiger partial charge >= 0.3 is 5.97 Å². The van der Waals surface area contributed by atoms with Crippen molar-refractivity contribution in [1.29, 1.82) is 0 Å². The molecule has 18 nitrogen and oxygen atoms in total. The smallest absolute Gasteiger partial charge is 0.303 e. The van der Waals surface area contributed by atoms with E-state index < -0.39 is 17.9 Å². The van der Waals surface area contributed by atoms with Gasteiger partial charge in [-0.3, -0.25) is 14.4 Å². The number of nitrogens with two attached hydrogens (primary N) is 1. The van der Waals surface area contributed by atoms with Crippen LogP contribution in [0.2, 0.25) is 0 Å². The van der Waals surface area contributed by atoms with Crippen LogP contribution in [0.25, 0.3) is 0 Å². The summed E-state index contributed by atoms with van der Waals surface area (Å²) in [4.78, 5) is 33.2. The Labute approximate surface area is 283 Å². The fourth-order valence-corrected chi connectivity index (χ4v) is 3.39. The van der Waals surface area contributed by atoms with Gasteiger partial charge in [-0.1, -0.05) is 0 Å². The van der Waals surface area contributed by atoms with Gasteiger partial charge in [0.15, 0.2) is 0 Å². The van der Waals surface area contributed by atoms with E-state index in [0.717, 1.165) is 0 Å². The minimum Gasteiger partial charge on any atom is -0.481 e. The van der Waals surface area contributed by atoms with E-state index in [-0.39, 0.29) is 26.0 Å². The molecule has 284 valence electrons. The van der Waals surface area contributed by atoms with Crippen LogP contribution in [0.1, 0.15) is 12.8 Å². The van der Waals surface area contributed by atoms with E-state index in [4.69, 9.17) is 62.9 Å². The topological polar surface area (TPSA) is 223 Å². The summed E-state index contributed by atoms with van der Waals surface area (Å²) in [5.74, 6) is -1.50. The Morgan fingerprint density at radius 2 is 0.812 bits per heavy atom. The van der Waals surface area contributed by atoms with Crippen LogP contribution < -0.4 is 16.4 Å². The van der Waals surface area contributed by atoms with Crippen LogP contribution in [0.3, 0.4) is 0 Å². The van der Waals surface area contributed by atoms with E-state index in [9.17, 15) is 14.4 Å². The van der Waals surface area contributed by atoms with E-state index in [2.05, 4.69) is 10.6 Å². The number of ether oxygens (including phenoxy) is 11. The monoisotopic (exact) mass is 701 g/mol. The van der Waals surface area contributed by atoms with Crippen molar-refractivity contribution in [3.63, 3.8) is 0 Å². The van der Waals surface area contributed by atoms with Crippen LogP contribution in [0, 0.1) is 0 Å². The molecule has 0 radical (unpaired) electrons. The second-order valence-electron chi connectivity index (χ2n) is 9.59. The number of hydrogen-bond donors (Lipinski definition) is 4. The Morgan fingerprint density at radius 3 is 1.08 bits per heavy atom. The lowest BCUT2D eigenvalue weighted by Gasteiger charge is -2.15. The maximum atomic E-state index is 12.0. The minimum absolute atomic E-state index is 0.00830. The number of rotatable bonds is 41. The van der Waals surface area contributed by atoms with E-state index in [1.807, 2.05) is 0 Å². The Bertz CT molecular complexity index is 712. The number of carbonyl (C=O) groups excluding carboxylic acids is 2. The lowest BCUT2D eigenvalue weighted by atomic mass is 10.1. The Kier molecular flexibility index (Phi) is 37.7. The normalized spacial score (nSPS) is 11.9. The second-order valence-corrected chi connectivity index (χ2v) is 9.59. The molecule has 18 heteroatoms. The molecule has 2 amide bonds. The molecule has 0 fully saturated rings. The fraction of sp³-hybridized carbons (Fsp3) is 0.900. The van der Waals surface area contributed by atoms with Crippen molar-refractivity contribution >= 4 is 18.3 Å². The molecule has 0 spiro atoms. The average molecular weight is 702 g/mol. The molecule has 0 aromatic carbocycles. The molecular formula is C30H59N3O15. The van der Waals surface area contributed by atoms with E-state index in [1.54, 1.807) is 0 Å². The Morgan fingerprint density at radius 1 is 0.521 bits per heavy atom. The molecule has 0 saturated heterocycles. The van der Waals surface area contributed by atoms with Gasteiger partial charge < -0.3 is 73.6 Å². The highest BCUT2D eigenvalue weighted by atomic mass is 16.6. The van der Waals surface area contributed by atoms with E-state index in [0.29, 0.717) is 152 Å². The van der Waals surface area contributed by atoms with Crippen molar-refractivity contribution in [2.75, 3.05) is 158 Å². The Hall–Kier alpha value is -2.07. The summed E-state index contributed by atoms with van der Waals surface area (Å²) >= 11 is 0. The molecular weight excluding hydrogens is 642 g/mol. The first kappa shape index (κ1) is 45.9. The summed E-state index contributed by atoms with van der Waals surface area (Å²) in [7, 11) is 0. The molecule has 1 unspecified atom stereocenters. The number of carboxylic acids is 1. The lowest BCUT2D eigenvalue weighted by Crippen LogP contribution is -2.44. The maximum absolute atomic E-state index is 12.0. The second kappa shape index (κ2) is 39.4. The maximum Gasteiger partial charge on any atom is 0.303 e. The highest BCUT2D eigenvalue weighted by molar-refractivity contribution is 5.84. The van der Waals surface area contributed by atoms with Crippen molar-refractivity contribution in [2.24, 2.45) is 5.73 Å². The lowest BCUT2D eigenvalue weighted by molar-refractivity contribution is -0.137. The van der Waals surface area contributed by atoms with Gasteiger partial charge in [0.1, 0.15) is 6.04 Å². The quantitative estimate of drug-likeness (QED) is 0.0409. The predicted octanol–water partition coefficient (Wildman–Crippen LogP) is -1.78. The molecule has 48 heavy (non-hydrogen) atoms. The first-order valence-electron chi connectivity index (χ1n) is 16.4. The SMILES string of the molecule is NCCOCCOCCOCCOCCOCCOCCOCCOCCOCCOCCOCCNC(=O)C(CCC(=O)O)NC=O. The molecule has 0 aliphatic rings. The zero-order valence-corrected chi connectivity index (χ0v) is 28.3. The third-order valence-corrected chi connectivity index (χ3v) is 5.76. The molecule has 5 N–H and O–H groups in total. The Balaban J connectivity index is 3.20. The zero-order valence-electron chi connectivity index (χ0n) is 28.3. The summed E-state index contributed by atoms with van der Waals surface area (Å²) in [6.45, 7) is 10.9. The zero-order chi connectivity index (χ0) is 35.0. The van der Waals surface area contributed by atoms with Gasteiger partial charge in [0.2, 0.25) is 12.3 Å². The van der Waals surface area contributed by atoms with Gasteiger partial charge in [-0.25, -0.2) is 0 Å². The van der Waals surface area contributed by atoms with Crippen LogP contribution in [-0.2, 0) is 66.5 Å². The average Bonchev–Trinajstić information content (AvgIpc) is 3.08. The molecule has 0 saturated carbocycles. The third kappa shape index (κ3) is 36.8. The fourth-order valence-electron chi connectivity index (χ4n) is 3.39. The highest BCUT2D eigenvalue weighted by Gasteiger charge is 2.18. The molecule has 0 rings (SSSR count). The summed E-state index contributed by atoms with van der Waals surface area (Å²) in [5.41, 5.74) is 5.32. The predicted molar refractivity (Wildman–Crippen MR) is 171 cm³/mol. The van der Waals surface area contributed by atoms with Crippen LogP contribution in [0.4, 0.5) is 0 Å². The first-order valence-corrected chi connectivity index (χ1v) is 16.4. The number of carboxylic acid groups (broad SMARTS) is 1. The molecule has 0 bridgehead atoms. The molecule has 1 atom stereocenters. The number of aliphatic carboxylic acids is 1. The summed E-state index contributed by atoms with van der Waals surface area (Å²) in [5, 5.41) is 13.6. The van der Waals surface area contributed by atoms with Crippen LogP contribution in [0.5, 0.6) is 0 Å². The van der Waals surface area contributed by atoms with Crippen LogP contribution in [-0.4, -0.2) is 188 Å². The van der Waals surface area contributed by atoms with Gasteiger partial charge in [-0.15, -0.1) is 0 Å². The molecule has 0 aromatic heterocycles. The van der Waals surface area contributed by atoms with Gasteiger partial charge in [0.05, 0.1) is 145 Å². The molecule has 0 aliphatic carbocycles. The van der Waals surface area contributed by atoms with Crippen molar-refractivity contribution in [3.8, 4) is 0 Å². The number of carbonyl (C=O) groups is 3. The number of hydrogen-bond acceptors (Lipinski definition) is 15. The van der Waals surface area contributed by atoms with E-state index >= 15 is 0 Å². The van der Waals surface area contributed by atoms with Crippen molar-refractivity contribution in [2.45, 2.75) is 18.9 Å². The molecule has 0 aromatic rings. The highest BCUT2D eigenvalue weighted by Crippen LogP contribution is 1.97. The molecule has 0 heterocycles.